The molecule has 0 saturated carbocycles. The number of nitrogens with zero attached hydrogens (tertiary/aromatic N) is 2. The second-order valence-corrected chi connectivity index (χ2v) is 5.76. The number of anilines is 2. The van der Waals surface area contributed by atoms with Crippen LogP contribution in [-0.4, -0.2) is 22.6 Å². The van der Waals surface area contributed by atoms with Crippen LogP contribution in [0.15, 0.2) is 6.07 Å². The van der Waals surface area contributed by atoms with Gasteiger partial charge < -0.3 is 10.6 Å². The summed E-state index contributed by atoms with van der Waals surface area (Å²) in [5.74, 6) is 3.62. The zero-order chi connectivity index (χ0) is 14.4. The average molecular weight is 264 g/mol. The van der Waals surface area contributed by atoms with Gasteiger partial charge in [-0.1, -0.05) is 34.6 Å². The Morgan fingerprint density at radius 3 is 2.21 bits per heavy atom. The minimum absolute atomic E-state index is 0.332. The minimum atomic E-state index is 0.332. The molecule has 0 aliphatic carbocycles. The highest BCUT2D eigenvalue weighted by atomic mass is 15.1. The fraction of sp³-hybridized carbons (Fsp3) is 0.733. The van der Waals surface area contributed by atoms with Crippen LogP contribution in [0.1, 0.15) is 59.7 Å². The summed E-state index contributed by atoms with van der Waals surface area (Å²) < 4.78 is 0. The Kier molecular flexibility index (Phi) is 6.06. The molecular formula is C15H28N4. The van der Waals surface area contributed by atoms with Crippen LogP contribution in [0.2, 0.25) is 0 Å². The zero-order valence-electron chi connectivity index (χ0n) is 13.1. The summed E-state index contributed by atoms with van der Waals surface area (Å²) in [6.45, 7) is 13.9. The zero-order valence-corrected chi connectivity index (χ0v) is 13.1. The van der Waals surface area contributed by atoms with Crippen LogP contribution in [0, 0.1) is 5.92 Å². The summed E-state index contributed by atoms with van der Waals surface area (Å²) in [5, 5.41) is 6.80. The number of aromatic nitrogens is 2. The summed E-state index contributed by atoms with van der Waals surface area (Å²) in [5.41, 5.74) is 0. The molecule has 0 spiro atoms. The van der Waals surface area contributed by atoms with E-state index in [1.54, 1.807) is 0 Å². The molecule has 0 amide bonds. The van der Waals surface area contributed by atoms with E-state index in [0.29, 0.717) is 17.9 Å². The second-order valence-electron chi connectivity index (χ2n) is 5.76. The van der Waals surface area contributed by atoms with E-state index in [-0.39, 0.29) is 0 Å². The summed E-state index contributed by atoms with van der Waals surface area (Å²) in [4.78, 5) is 9.16. The molecule has 1 aromatic heterocycles. The SMILES string of the molecule is CCCNc1cc(NC(C)C(C)C)nc(C(C)C)n1. The van der Waals surface area contributed by atoms with Crippen molar-refractivity contribution < 1.29 is 0 Å². The van der Waals surface area contributed by atoms with Gasteiger partial charge in [0, 0.05) is 24.6 Å². The lowest BCUT2D eigenvalue weighted by atomic mass is 10.1. The molecule has 0 bridgehead atoms. The Labute approximate surface area is 117 Å². The molecule has 0 aliphatic heterocycles. The Morgan fingerprint density at radius 1 is 1.05 bits per heavy atom. The Hall–Kier alpha value is -1.32. The third kappa shape index (κ3) is 5.05. The Bertz CT molecular complexity index is 388. The predicted molar refractivity (Wildman–Crippen MR) is 82.8 cm³/mol. The normalized spacial score (nSPS) is 12.8. The number of rotatable bonds is 7. The van der Waals surface area contributed by atoms with Gasteiger partial charge >= 0.3 is 0 Å². The van der Waals surface area contributed by atoms with E-state index in [9.17, 15) is 0 Å². The Balaban J connectivity index is 2.92. The summed E-state index contributed by atoms with van der Waals surface area (Å²) in [6.07, 6.45) is 1.09. The van der Waals surface area contributed by atoms with Crippen LogP contribution in [0.5, 0.6) is 0 Å². The fourth-order valence-corrected chi connectivity index (χ4v) is 1.54. The van der Waals surface area contributed by atoms with Crippen LogP contribution < -0.4 is 10.6 Å². The maximum absolute atomic E-state index is 4.60. The minimum Gasteiger partial charge on any atom is -0.370 e. The van der Waals surface area contributed by atoms with E-state index in [4.69, 9.17) is 0 Å². The van der Waals surface area contributed by atoms with Gasteiger partial charge in [0.2, 0.25) is 0 Å². The van der Waals surface area contributed by atoms with Crippen molar-refractivity contribution >= 4 is 11.6 Å². The average Bonchev–Trinajstić information content (AvgIpc) is 2.35. The highest BCUT2D eigenvalue weighted by Gasteiger charge is 2.11. The monoisotopic (exact) mass is 264 g/mol. The maximum Gasteiger partial charge on any atom is 0.135 e. The molecule has 1 heterocycles. The van der Waals surface area contributed by atoms with Gasteiger partial charge in [0.1, 0.15) is 17.5 Å². The van der Waals surface area contributed by atoms with Gasteiger partial charge in [0.15, 0.2) is 0 Å². The first-order valence-corrected chi connectivity index (χ1v) is 7.33. The van der Waals surface area contributed by atoms with E-state index in [2.05, 4.69) is 62.1 Å². The summed E-state index contributed by atoms with van der Waals surface area (Å²) in [6, 6.07) is 2.40. The van der Waals surface area contributed by atoms with Gasteiger partial charge in [0.05, 0.1) is 0 Å². The van der Waals surface area contributed by atoms with Gasteiger partial charge in [-0.05, 0) is 19.3 Å². The molecule has 0 aromatic carbocycles. The van der Waals surface area contributed by atoms with Crippen LogP contribution >= 0.6 is 0 Å². The van der Waals surface area contributed by atoms with E-state index < -0.39 is 0 Å². The molecule has 4 nitrogen and oxygen atoms in total. The molecular weight excluding hydrogens is 236 g/mol. The second kappa shape index (κ2) is 7.31. The van der Waals surface area contributed by atoms with Crippen molar-refractivity contribution in [1.29, 1.82) is 0 Å². The quantitative estimate of drug-likeness (QED) is 0.784. The number of hydrogen-bond donors (Lipinski definition) is 2. The fourth-order valence-electron chi connectivity index (χ4n) is 1.54. The molecule has 108 valence electrons. The number of nitrogens with one attached hydrogen (secondary N) is 2. The predicted octanol–water partition coefficient (Wildman–Crippen LogP) is 3.88. The Morgan fingerprint density at radius 2 is 1.68 bits per heavy atom. The lowest BCUT2D eigenvalue weighted by Crippen LogP contribution is -2.22. The third-order valence-electron chi connectivity index (χ3n) is 3.19. The smallest absolute Gasteiger partial charge is 0.135 e. The topological polar surface area (TPSA) is 49.8 Å². The molecule has 4 heteroatoms. The van der Waals surface area contributed by atoms with Gasteiger partial charge in [-0.2, -0.15) is 0 Å². The van der Waals surface area contributed by atoms with E-state index in [1.807, 2.05) is 6.07 Å². The molecule has 0 fully saturated rings. The van der Waals surface area contributed by atoms with Crippen molar-refractivity contribution in [2.24, 2.45) is 5.92 Å². The largest absolute Gasteiger partial charge is 0.370 e. The standard InChI is InChI=1S/C15H28N4/c1-7-8-16-13-9-14(17-12(6)10(2)3)19-15(18-13)11(4)5/h9-12H,7-8H2,1-6H3,(H2,16,17,18,19). The van der Waals surface area contributed by atoms with Gasteiger partial charge in [-0.25, -0.2) is 9.97 Å². The molecule has 0 saturated heterocycles. The van der Waals surface area contributed by atoms with Crippen LogP contribution in [0.25, 0.3) is 0 Å². The lowest BCUT2D eigenvalue weighted by molar-refractivity contribution is 0.557. The number of hydrogen-bond acceptors (Lipinski definition) is 4. The maximum atomic E-state index is 4.60. The van der Waals surface area contributed by atoms with E-state index in [0.717, 1.165) is 30.4 Å². The molecule has 0 radical (unpaired) electrons. The van der Waals surface area contributed by atoms with E-state index >= 15 is 0 Å². The van der Waals surface area contributed by atoms with Crippen molar-refractivity contribution in [2.45, 2.75) is 59.9 Å². The molecule has 0 aliphatic rings. The third-order valence-corrected chi connectivity index (χ3v) is 3.19. The highest BCUT2D eigenvalue weighted by Crippen LogP contribution is 2.18. The van der Waals surface area contributed by atoms with Crippen molar-refractivity contribution in [3.05, 3.63) is 11.9 Å². The molecule has 1 unspecified atom stereocenters. The molecule has 1 rings (SSSR count). The lowest BCUT2D eigenvalue weighted by Gasteiger charge is -2.19. The van der Waals surface area contributed by atoms with Crippen LogP contribution in [0.4, 0.5) is 11.6 Å². The summed E-state index contributed by atoms with van der Waals surface area (Å²) >= 11 is 0. The van der Waals surface area contributed by atoms with Crippen molar-refractivity contribution in [3.63, 3.8) is 0 Å². The molecule has 1 aromatic rings. The van der Waals surface area contributed by atoms with Gasteiger partial charge in [-0.3, -0.25) is 0 Å². The van der Waals surface area contributed by atoms with Crippen LogP contribution in [0.3, 0.4) is 0 Å². The van der Waals surface area contributed by atoms with Crippen molar-refractivity contribution in [1.82, 2.24) is 9.97 Å². The first-order valence-electron chi connectivity index (χ1n) is 7.33. The molecule has 19 heavy (non-hydrogen) atoms. The van der Waals surface area contributed by atoms with Gasteiger partial charge in [-0.15, -0.1) is 0 Å². The highest BCUT2D eigenvalue weighted by molar-refractivity contribution is 5.48. The summed E-state index contributed by atoms with van der Waals surface area (Å²) in [7, 11) is 0. The first kappa shape index (κ1) is 15.7. The van der Waals surface area contributed by atoms with Crippen molar-refractivity contribution in [2.75, 3.05) is 17.2 Å². The van der Waals surface area contributed by atoms with Crippen LogP contribution in [-0.2, 0) is 0 Å². The van der Waals surface area contributed by atoms with Crippen molar-refractivity contribution in [3.8, 4) is 0 Å². The molecule has 1 atom stereocenters. The van der Waals surface area contributed by atoms with E-state index in [1.165, 1.54) is 0 Å². The first-order chi connectivity index (χ1) is 8.93. The van der Waals surface area contributed by atoms with Gasteiger partial charge in [0.25, 0.3) is 0 Å². The molecule has 2 N–H and O–H groups in total.